The highest BCUT2D eigenvalue weighted by atomic mass is 32.2. The molecule has 5 heteroatoms. The summed E-state index contributed by atoms with van der Waals surface area (Å²) in [5.41, 5.74) is 0.304. The smallest absolute Gasteiger partial charge is 0.191 e. The molecule has 20 heavy (non-hydrogen) atoms. The van der Waals surface area contributed by atoms with Crippen molar-refractivity contribution in [1.82, 2.24) is 14.8 Å². The molecular weight excluding hydrogens is 286 g/mol. The summed E-state index contributed by atoms with van der Waals surface area (Å²) < 4.78 is 2.45. The van der Waals surface area contributed by atoms with Crippen molar-refractivity contribution in [2.45, 2.75) is 63.6 Å². The highest BCUT2D eigenvalue weighted by Crippen LogP contribution is 2.46. The summed E-state index contributed by atoms with van der Waals surface area (Å²) in [6.07, 6.45) is 5.22. The highest BCUT2D eigenvalue weighted by molar-refractivity contribution is 7.99. The van der Waals surface area contributed by atoms with Crippen molar-refractivity contribution in [2.75, 3.05) is 11.5 Å². The normalized spacial score (nSPS) is 21.2. The van der Waals surface area contributed by atoms with Gasteiger partial charge in [0.2, 0.25) is 0 Å². The van der Waals surface area contributed by atoms with Gasteiger partial charge in [-0.3, -0.25) is 0 Å². The molecule has 1 heterocycles. The maximum absolute atomic E-state index is 4.53. The molecule has 0 amide bonds. The highest BCUT2D eigenvalue weighted by Gasteiger charge is 2.36. The molecule has 1 aromatic heterocycles. The lowest BCUT2D eigenvalue weighted by Gasteiger charge is -2.28. The van der Waals surface area contributed by atoms with Crippen LogP contribution >= 0.6 is 24.4 Å². The van der Waals surface area contributed by atoms with Crippen LogP contribution in [0.25, 0.3) is 0 Å². The van der Waals surface area contributed by atoms with Crippen molar-refractivity contribution in [3.05, 3.63) is 5.82 Å². The molecule has 2 aliphatic rings. The third-order valence-electron chi connectivity index (χ3n) is 4.40. The Hall–Kier alpha value is -0.160. The fourth-order valence-electron chi connectivity index (χ4n) is 2.43. The predicted octanol–water partition coefficient (Wildman–Crippen LogP) is 4.17. The summed E-state index contributed by atoms with van der Waals surface area (Å²) in [6, 6.07) is 0.687. The average molecular weight is 312 g/mol. The van der Waals surface area contributed by atoms with Gasteiger partial charge in [-0.2, -0.15) is 12.6 Å². The molecule has 0 N–H and O–H groups in total. The zero-order valence-corrected chi connectivity index (χ0v) is 14.4. The zero-order valence-electron chi connectivity index (χ0n) is 12.7. The Kier molecular flexibility index (Phi) is 4.10. The van der Waals surface area contributed by atoms with Crippen molar-refractivity contribution < 1.29 is 0 Å². The Morgan fingerprint density at radius 1 is 1.25 bits per heavy atom. The quantitative estimate of drug-likeness (QED) is 0.632. The van der Waals surface area contributed by atoms with E-state index in [1.165, 1.54) is 31.5 Å². The third-order valence-corrected chi connectivity index (χ3v) is 5.95. The van der Waals surface area contributed by atoms with E-state index in [1.807, 2.05) is 11.8 Å². The fourth-order valence-corrected chi connectivity index (χ4v) is 4.73. The van der Waals surface area contributed by atoms with Crippen LogP contribution in [0.4, 0.5) is 0 Å². The van der Waals surface area contributed by atoms with E-state index in [-0.39, 0.29) is 0 Å². The van der Waals surface area contributed by atoms with Gasteiger partial charge < -0.3 is 4.57 Å². The average Bonchev–Trinajstić information content (AvgIpc) is 3.28. The first-order valence-corrected chi connectivity index (χ1v) is 9.31. The van der Waals surface area contributed by atoms with Crippen molar-refractivity contribution in [3.63, 3.8) is 0 Å². The Bertz CT molecular complexity index is 470. The minimum absolute atomic E-state index is 0.304. The first kappa shape index (κ1) is 14.8. The monoisotopic (exact) mass is 311 g/mol. The standard InChI is InChI=1S/C15H25N3S2/c1-15(2,3)11(8-19)9-20-14-17-16-13(10-4-5-10)18(14)12-6-7-12/h10-12,19H,4-9H2,1-3H3. The number of thioether (sulfide) groups is 1. The van der Waals surface area contributed by atoms with Crippen molar-refractivity contribution >= 4 is 24.4 Å². The lowest BCUT2D eigenvalue weighted by Crippen LogP contribution is -2.24. The second-order valence-corrected chi connectivity index (χ2v) is 8.63. The zero-order chi connectivity index (χ0) is 14.3. The minimum Gasteiger partial charge on any atom is -0.303 e. The van der Waals surface area contributed by atoms with Crippen LogP contribution in [0.2, 0.25) is 0 Å². The molecule has 0 radical (unpaired) electrons. The maximum Gasteiger partial charge on any atom is 0.191 e. The summed E-state index contributed by atoms with van der Waals surface area (Å²) in [6.45, 7) is 6.90. The Balaban J connectivity index is 1.71. The van der Waals surface area contributed by atoms with Crippen LogP contribution in [0.3, 0.4) is 0 Å². The predicted molar refractivity (Wildman–Crippen MR) is 87.8 cm³/mol. The molecule has 2 aliphatic carbocycles. The number of nitrogens with zero attached hydrogens (tertiary/aromatic N) is 3. The number of hydrogen-bond acceptors (Lipinski definition) is 4. The van der Waals surface area contributed by atoms with Crippen LogP contribution in [0, 0.1) is 11.3 Å². The Morgan fingerprint density at radius 3 is 2.45 bits per heavy atom. The van der Waals surface area contributed by atoms with Gasteiger partial charge in [0.15, 0.2) is 5.16 Å². The van der Waals surface area contributed by atoms with Crippen LogP contribution in [-0.2, 0) is 0 Å². The fraction of sp³-hybridized carbons (Fsp3) is 0.867. The summed E-state index contributed by atoms with van der Waals surface area (Å²) in [5, 5.41) is 10.1. The molecule has 1 atom stereocenters. The first-order chi connectivity index (χ1) is 9.50. The van der Waals surface area contributed by atoms with E-state index in [2.05, 4.69) is 48.2 Å². The van der Waals surface area contributed by atoms with Gasteiger partial charge in [-0.1, -0.05) is 32.5 Å². The van der Waals surface area contributed by atoms with Gasteiger partial charge in [0.1, 0.15) is 5.82 Å². The molecule has 3 nitrogen and oxygen atoms in total. The van der Waals surface area contributed by atoms with Crippen molar-refractivity contribution in [1.29, 1.82) is 0 Å². The van der Waals surface area contributed by atoms with Gasteiger partial charge in [0, 0.05) is 17.7 Å². The van der Waals surface area contributed by atoms with Gasteiger partial charge in [-0.05, 0) is 42.8 Å². The van der Waals surface area contributed by atoms with Crippen LogP contribution in [0.1, 0.15) is 64.2 Å². The van der Waals surface area contributed by atoms with E-state index in [4.69, 9.17) is 0 Å². The van der Waals surface area contributed by atoms with Crippen LogP contribution in [-0.4, -0.2) is 26.3 Å². The number of thiol groups is 1. The maximum atomic E-state index is 4.53. The lowest BCUT2D eigenvalue weighted by molar-refractivity contribution is 0.294. The van der Waals surface area contributed by atoms with Crippen LogP contribution in [0.5, 0.6) is 0 Å². The van der Waals surface area contributed by atoms with Gasteiger partial charge in [-0.25, -0.2) is 0 Å². The third kappa shape index (κ3) is 3.19. The molecule has 0 aliphatic heterocycles. The molecule has 0 bridgehead atoms. The van der Waals surface area contributed by atoms with Gasteiger partial charge in [-0.15, -0.1) is 10.2 Å². The molecule has 1 unspecified atom stereocenters. The molecule has 0 spiro atoms. The molecule has 3 rings (SSSR count). The van der Waals surface area contributed by atoms with Crippen molar-refractivity contribution in [3.8, 4) is 0 Å². The second kappa shape index (κ2) is 5.56. The van der Waals surface area contributed by atoms with Gasteiger partial charge in [0.25, 0.3) is 0 Å². The molecule has 2 saturated carbocycles. The Morgan fingerprint density at radius 2 is 1.95 bits per heavy atom. The lowest BCUT2D eigenvalue weighted by atomic mass is 9.83. The number of hydrogen-bond donors (Lipinski definition) is 1. The topological polar surface area (TPSA) is 30.7 Å². The van der Waals surface area contributed by atoms with Crippen molar-refractivity contribution in [2.24, 2.45) is 11.3 Å². The molecular formula is C15H25N3S2. The van der Waals surface area contributed by atoms with Gasteiger partial charge >= 0.3 is 0 Å². The molecule has 112 valence electrons. The number of aromatic nitrogens is 3. The second-order valence-electron chi connectivity index (χ2n) is 7.27. The summed E-state index contributed by atoms with van der Waals surface area (Å²) >= 11 is 6.41. The summed E-state index contributed by atoms with van der Waals surface area (Å²) in [5.74, 6) is 4.57. The molecule has 0 saturated heterocycles. The van der Waals surface area contributed by atoms with E-state index < -0.39 is 0 Å². The summed E-state index contributed by atoms with van der Waals surface area (Å²) in [7, 11) is 0. The van der Waals surface area contributed by atoms with Crippen LogP contribution in [0.15, 0.2) is 5.16 Å². The van der Waals surface area contributed by atoms with E-state index in [0.29, 0.717) is 23.3 Å². The first-order valence-electron chi connectivity index (χ1n) is 7.69. The van der Waals surface area contributed by atoms with E-state index in [0.717, 1.165) is 16.7 Å². The molecule has 0 aromatic carbocycles. The Labute approximate surface area is 131 Å². The largest absolute Gasteiger partial charge is 0.303 e. The van der Waals surface area contributed by atoms with E-state index in [1.54, 1.807) is 0 Å². The van der Waals surface area contributed by atoms with Gasteiger partial charge in [0.05, 0.1) is 0 Å². The SMILES string of the molecule is CC(C)(C)C(CS)CSc1nnc(C2CC2)n1C1CC1. The molecule has 1 aromatic rings. The van der Waals surface area contributed by atoms with Crippen LogP contribution < -0.4 is 0 Å². The summed E-state index contributed by atoms with van der Waals surface area (Å²) in [4.78, 5) is 0. The molecule has 2 fully saturated rings. The minimum atomic E-state index is 0.304. The number of rotatable bonds is 6. The van der Waals surface area contributed by atoms with E-state index in [9.17, 15) is 0 Å². The van der Waals surface area contributed by atoms with E-state index >= 15 is 0 Å².